The number of nitrogens with zero attached hydrogens (tertiary/aromatic N) is 1. The number of ether oxygens (including phenoxy) is 1. The molecule has 182 valence electrons. The molecule has 0 aromatic heterocycles. The van der Waals surface area contributed by atoms with Gasteiger partial charge >= 0.3 is 12.1 Å². The van der Waals surface area contributed by atoms with E-state index in [1.165, 1.54) is 4.90 Å². The maximum absolute atomic E-state index is 13.2. The SMILES string of the molecule is CCC(C)N(CC(=O)O)C(=O)C(CC(C)C)NC(=O)OCC1c2ccccc2-c2ccccc21. The summed E-state index contributed by atoms with van der Waals surface area (Å²) in [5, 5.41) is 12.0. The average Bonchev–Trinajstić information content (AvgIpc) is 3.13. The Morgan fingerprint density at radius 3 is 2.06 bits per heavy atom. The molecule has 1 aliphatic carbocycles. The van der Waals surface area contributed by atoms with Crippen molar-refractivity contribution >= 4 is 18.0 Å². The molecular formula is C27H34N2O5. The molecule has 0 saturated carbocycles. The minimum absolute atomic E-state index is 0.0824. The number of carboxylic acids is 1. The van der Waals surface area contributed by atoms with E-state index in [0.29, 0.717) is 12.8 Å². The summed E-state index contributed by atoms with van der Waals surface area (Å²) in [4.78, 5) is 38.7. The number of carboxylic acid groups (broad SMARTS) is 1. The van der Waals surface area contributed by atoms with Gasteiger partial charge in [0.2, 0.25) is 5.91 Å². The highest BCUT2D eigenvalue weighted by molar-refractivity contribution is 5.88. The van der Waals surface area contributed by atoms with E-state index >= 15 is 0 Å². The molecule has 0 heterocycles. The molecule has 7 heteroatoms. The molecular weight excluding hydrogens is 432 g/mol. The number of nitrogens with one attached hydrogen (secondary N) is 1. The van der Waals surface area contributed by atoms with Gasteiger partial charge in [-0.05, 0) is 47.9 Å². The first-order valence-corrected chi connectivity index (χ1v) is 11.9. The lowest BCUT2D eigenvalue weighted by Gasteiger charge is -2.31. The molecule has 0 saturated heterocycles. The van der Waals surface area contributed by atoms with Gasteiger partial charge in [-0.1, -0.05) is 69.3 Å². The number of benzene rings is 2. The van der Waals surface area contributed by atoms with Gasteiger partial charge in [0, 0.05) is 12.0 Å². The smallest absolute Gasteiger partial charge is 0.407 e. The summed E-state index contributed by atoms with van der Waals surface area (Å²) >= 11 is 0. The topological polar surface area (TPSA) is 95.9 Å². The summed E-state index contributed by atoms with van der Waals surface area (Å²) in [5.74, 6) is -1.45. The summed E-state index contributed by atoms with van der Waals surface area (Å²) in [7, 11) is 0. The zero-order valence-corrected chi connectivity index (χ0v) is 20.3. The first-order chi connectivity index (χ1) is 16.2. The number of rotatable bonds is 10. The van der Waals surface area contributed by atoms with Crippen LogP contribution < -0.4 is 5.32 Å². The Labute approximate surface area is 201 Å². The van der Waals surface area contributed by atoms with Crippen LogP contribution in [0, 0.1) is 5.92 Å². The van der Waals surface area contributed by atoms with Crippen LogP contribution in [0.15, 0.2) is 48.5 Å². The van der Waals surface area contributed by atoms with E-state index in [4.69, 9.17) is 4.74 Å². The van der Waals surface area contributed by atoms with Gasteiger partial charge in [-0.15, -0.1) is 0 Å². The summed E-state index contributed by atoms with van der Waals surface area (Å²) in [6.45, 7) is 7.33. The van der Waals surface area contributed by atoms with Crippen molar-refractivity contribution in [1.29, 1.82) is 0 Å². The first kappa shape index (κ1) is 25.3. The average molecular weight is 467 g/mol. The highest BCUT2D eigenvalue weighted by Crippen LogP contribution is 2.44. The summed E-state index contributed by atoms with van der Waals surface area (Å²) in [5.41, 5.74) is 4.49. The van der Waals surface area contributed by atoms with Crippen molar-refractivity contribution in [3.63, 3.8) is 0 Å². The fourth-order valence-corrected chi connectivity index (χ4v) is 4.49. The van der Waals surface area contributed by atoms with E-state index in [-0.39, 0.29) is 24.5 Å². The van der Waals surface area contributed by atoms with E-state index in [1.807, 2.05) is 57.2 Å². The van der Waals surface area contributed by atoms with Crippen LogP contribution in [0.1, 0.15) is 57.6 Å². The Morgan fingerprint density at radius 1 is 1.00 bits per heavy atom. The quantitative estimate of drug-likeness (QED) is 0.531. The van der Waals surface area contributed by atoms with Crippen LogP contribution in [0.4, 0.5) is 4.79 Å². The molecule has 2 atom stereocenters. The normalized spacial score (nSPS) is 14.1. The van der Waals surface area contributed by atoms with Crippen molar-refractivity contribution in [1.82, 2.24) is 10.2 Å². The van der Waals surface area contributed by atoms with Crippen molar-refractivity contribution in [2.75, 3.05) is 13.2 Å². The molecule has 3 rings (SSSR count). The highest BCUT2D eigenvalue weighted by atomic mass is 16.5. The first-order valence-electron chi connectivity index (χ1n) is 11.9. The molecule has 7 nitrogen and oxygen atoms in total. The maximum Gasteiger partial charge on any atom is 0.407 e. The summed E-state index contributed by atoms with van der Waals surface area (Å²) in [6.07, 6.45) is 0.314. The lowest BCUT2D eigenvalue weighted by atomic mass is 9.98. The van der Waals surface area contributed by atoms with Gasteiger partial charge < -0.3 is 20.1 Å². The third-order valence-electron chi connectivity index (χ3n) is 6.35. The molecule has 2 N–H and O–H groups in total. The fraction of sp³-hybridized carbons (Fsp3) is 0.444. The largest absolute Gasteiger partial charge is 0.480 e. The van der Waals surface area contributed by atoms with Gasteiger partial charge in [0.1, 0.15) is 19.2 Å². The van der Waals surface area contributed by atoms with Gasteiger partial charge in [0.15, 0.2) is 0 Å². The maximum atomic E-state index is 13.2. The molecule has 1 aliphatic rings. The number of hydrogen-bond donors (Lipinski definition) is 2. The van der Waals surface area contributed by atoms with Crippen LogP contribution in [0.3, 0.4) is 0 Å². The van der Waals surface area contributed by atoms with Crippen molar-refractivity contribution in [3.8, 4) is 11.1 Å². The van der Waals surface area contributed by atoms with Crippen LogP contribution >= 0.6 is 0 Å². The highest BCUT2D eigenvalue weighted by Gasteiger charge is 2.32. The van der Waals surface area contributed by atoms with Crippen LogP contribution in [-0.4, -0.2) is 53.2 Å². The second-order valence-corrected chi connectivity index (χ2v) is 9.27. The Morgan fingerprint density at radius 2 is 1.56 bits per heavy atom. The lowest BCUT2D eigenvalue weighted by Crippen LogP contribution is -2.53. The summed E-state index contributed by atoms with van der Waals surface area (Å²) in [6, 6.07) is 15.0. The number of amides is 2. The molecule has 0 bridgehead atoms. The third kappa shape index (κ3) is 5.76. The number of aliphatic carboxylic acids is 1. The van der Waals surface area contributed by atoms with Gasteiger partial charge in [-0.2, -0.15) is 0 Å². The van der Waals surface area contributed by atoms with E-state index < -0.39 is 30.6 Å². The van der Waals surface area contributed by atoms with Crippen LogP contribution in [0.5, 0.6) is 0 Å². The lowest BCUT2D eigenvalue weighted by molar-refractivity contribution is -0.147. The molecule has 2 aromatic rings. The van der Waals surface area contributed by atoms with E-state index in [1.54, 1.807) is 6.92 Å². The van der Waals surface area contributed by atoms with E-state index in [0.717, 1.165) is 22.3 Å². The van der Waals surface area contributed by atoms with Crippen LogP contribution in [0.2, 0.25) is 0 Å². The van der Waals surface area contributed by atoms with Crippen molar-refractivity contribution in [2.45, 2.75) is 58.5 Å². The standard InChI is InChI=1S/C27H34N2O5/c1-5-18(4)29(15-25(30)31)26(32)24(14-17(2)3)28-27(33)34-16-23-21-12-8-6-10-19(21)20-11-7-9-13-22(20)23/h6-13,17-18,23-24H,5,14-16H2,1-4H3,(H,28,33)(H,30,31). The molecule has 2 amide bonds. The molecule has 2 aromatic carbocycles. The number of hydrogen-bond acceptors (Lipinski definition) is 4. The number of carbonyl (C=O) groups is 3. The summed E-state index contributed by atoms with van der Waals surface area (Å²) < 4.78 is 5.61. The Bertz CT molecular complexity index is 990. The Kier molecular flexibility index (Phi) is 8.31. The van der Waals surface area contributed by atoms with Crippen molar-refractivity contribution < 1.29 is 24.2 Å². The Hall–Kier alpha value is -3.35. The molecule has 0 fully saturated rings. The predicted octanol–water partition coefficient (Wildman–Crippen LogP) is 4.65. The van der Waals surface area contributed by atoms with Crippen LogP contribution in [-0.2, 0) is 14.3 Å². The molecule has 0 spiro atoms. The van der Waals surface area contributed by atoms with E-state index in [9.17, 15) is 19.5 Å². The number of fused-ring (bicyclic) bond motifs is 3. The van der Waals surface area contributed by atoms with E-state index in [2.05, 4.69) is 17.4 Å². The zero-order valence-electron chi connectivity index (χ0n) is 20.3. The monoisotopic (exact) mass is 466 g/mol. The van der Waals surface area contributed by atoms with Crippen LogP contribution in [0.25, 0.3) is 11.1 Å². The fourth-order valence-electron chi connectivity index (χ4n) is 4.49. The van der Waals surface area contributed by atoms with Crippen molar-refractivity contribution in [3.05, 3.63) is 59.7 Å². The van der Waals surface area contributed by atoms with Crippen molar-refractivity contribution in [2.24, 2.45) is 5.92 Å². The third-order valence-corrected chi connectivity index (χ3v) is 6.35. The van der Waals surface area contributed by atoms with Gasteiger partial charge in [-0.25, -0.2) is 4.79 Å². The number of carbonyl (C=O) groups excluding carboxylic acids is 2. The number of alkyl carbamates (subject to hydrolysis) is 1. The molecule has 0 aliphatic heterocycles. The second-order valence-electron chi connectivity index (χ2n) is 9.27. The molecule has 2 unspecified atom stereocenters. The second kappa shape index (κ2) is 11.2. The minimum atomic E-state index is -1.09. The zero-order chi connectivity index (χ0) is 24.8. The molecule has 0 radical (unpaired) electrons. The Balaban J connectivity index is 1.72. The predicted molar refractivity (Wildman–Crippen MR) is 131 cm³/mol. The van der Waals surface area contributed by atoms with Gasteiger partial charge in [-0.3, -0.25) is 9.59 Å². The van der Waals surface area contributed by atoms with Gasteiger partial charge in [0.25, 0.3) is 0 Å². The minimum Gasteiger partial charge on any atom is -0.480 e. The molecule has 34 heavy (non-hydrogen) atoms. The van der Waals surface area contributed by atoms with Gasteiger partial charge in [0.05, 0.1) is 0 Å².